The third-order valence-corrected chi connectivity index (χ3v) is 2.89. The lowest BCUT2D eigenvalue weighted by molar-refractivity contribution is 0.122. The molecule has 2 rings (SSSR count). The predicted molar refractivity (Wildman–Crippen MR) is 68.7 cm³/mol. The molecule has 4 nitrogen and oxygen atoms in total. The van der Waals surface area contributed by atoms with Gasteiger partial charge >= 0.3 is 0 Å². The standard InChI is InChI=1S/C13H18N2O2/c1-11(14-16-2)12-3-5-13(6-4-12)15-7-9-17-10-8-15/h3-6H,7-10H2,1-2H3. The zero-order chi connectivity index (χ0) is 12.1. The van der Waals surface area contributed by atoms with Gasteiger partial charge < -0.3 is 14.5 Å². The maximum Gasteiger partial charge on any atom is 0.106 e. The zero-order valence-electron chi connectivity index (χ0n) is 10.3. The second kappa shape index (κ2) is 5.68. The maximum absolute atomic E-state index is 5.34. The van der Waals surface area contributed by atoms with Crippen LogP contribution in [0.5, 0.6) is 0 Å². The van der Waals surface area contributed by atoms with Crippen molar-refractivity contribution in [2.75, 3.05) is 38.3 Å². The molecule has 0 atom stereocenters. The smallest absolute Gasteiger partial charge is 0.106 e. The number of hydrogen-bond acceptors (Lipinski definition) is 4. The van der Waals surface area contributed by atoms with Crippen LogP contribution in [-0.4, -0.2) is 39.1 Å². The Hall–Kier alpha value is -1.55. The molecular weight excluding hydrogens is 216 g/mol. The van der Waals surface area contributed by atoms with Crippen LogP contribution in [0.3, 0.4) is 0 Å². The largest absolute Gasteiger partial charge is 0.399 e. The Balaban J connectivity index is 2.09. The fourth-order valence-electron chi connectivity index (χ4n) is 1.92. The molecule has 1 aliphatic rings. The lowest BCUT2D eigenvalue weighted by Gasteiger charge is -2.28. The number of ether oxygens (including phenoxy) is 1. The quantitative estimate of drug-likeness (QED) is 0.591. The van der Waals surface area contributed by atoms with Gasteiger partial charge in [-0.2, -0.15) is 0 Å². The van der Waals surface area contributed by atoms with Crippen LogP contribution in [-0.2, 0) is 9.57 Å². The number of rotatable bonds is 3. The minimum atomic E-state index is 0.811. The summed E-state index contributed by atoms with van der Waals surface area (Å²) in [5, 5.41) is 3.92. The number of morpholine rings is 1. The van der Waals surface area contributed by atoms with Crippen LogP contribution in [0.15, 0.2) is 29.4 Å². The molecule has 0 spiro atoms. The minimum Gasteiger partial charge on any atom is -0.399 e. The van der Waals surface area contributed by atoms with E-state index in [0.717, 1.165) is 37.6 Å². The summed E-state index contributed by atoms with van der Waals surface area (Å²) in [7, 11) is 1.56. The van der Waals surface area contributed by atoms with Gasteiger partial charge in [0.15, 0.2) is 0 Å². The third kappa shape index (κ3) is 2.97. The Labute approximate surface area is 102 Å². The van der Waals surface area contributed by atoms with E-state index in [-0.39, 0.29) is 0 Å². The maximum atomic E-state index is 5.34. The summed E-state index contributed by atoms with van der Waals surface area (Å²) in [5.41, 5.74) is 3.21. The Morgan fingerprint density at radius 3 is 2.47 bits per heavy atom. The summed E-state index contributed by atoms with van der Waals surface area (Å²) >= 11 is 0. The van der Waals surface area contributed by atoms with E-state index in [1.807, 2.05) is 6.92 Å². The number of oxime groups is 1. The van der Waals surface area contributed by atoms with Gasteiger partial charge in [-0.1, -0.05) is 17.3 Å². The molecule has 0 N–H and O–H groups in total. The highest BCUT2D eigenvalue weighted by Gasteiger charge is 2.10. The molecule has 0 bridgehead atoms. The monoisotopic (exact) mass is 234 g/mol. The highest BCUT2D eigenvalue weighted by atomic mass is 16.6. The van der Waals surface area contributed by atoms with E-state index >= 15 is 0 Å². The summed E-state index contributed by atoms with van der Waals surface area (Å²) in [5.74, 6) is 0. The zero-order valence-corrected chi connectivity index (χ0v) is 10.3. The van der Waals surface area contributed by atoms with Crippen LogP contribution in [0.2, 0.25) is 0 Å². The number of benzene rings is 1. The van der Waals surface area contributed by atoms with Gasteiger partial charge in [0.1, 0.15) is 7.11 Å². The second-order valence-corrected chi connectivity index (χ2v) is 4.01. The molecule has 17 heavy (non-hydrogen) atoms. The van der Waals surface area contributed by atoms with Gasteiger partial charge in [0.2, 0.25) is 0 Å². The van der Waals surface area contributed by atoms with Gasteiger partial charge in [0.05, 0.1) is 18.9 Å². The van der Waals surface area contributed by atoms with E-state index in [1.54, 1.807) is 7.11 Å². The normalized spacial score (nSPS) is 17.1. The van der Waals surface area contributed by atoms with Crippen molar-refractivity contribution in [3.05, 3.63) is 29.8 Å². The molecule has 1 saturated heterocycles. The first-order valence-corrected chi connectivity index (χ1v) is 5.82. The van der Waals surface area contributed by atoms with Gasteiger partial charge in [-0.15, -0.1) is 0 Å². The van der Waals surface area contributed by atoms with Crippen LogP contribution in [0.1, 0.15) is 12.5 Å². The van der Waals surface area contributed by atoms with E-state index in [2.05, 4.69) is 34.3 Å². The van der Waals surface area contributed by atoms with Crippen molar-refractivity contribution in [3.8, 4) is 0 Å². The molecule has 0 aromatic heterocycles. The molecule has 92 valence electrons. The van der Waals surface area contributed by atoms with E-state index < -0.39 is 0 Å². The highest BCUT2D eigenvalue weighted by Crippen LogP contribution is 2.17. The second-order valence-electron chi connectivity index (χ2n) is 4.01. The lowest BCUT2D eigenvalue weighted by Crippen LogP contribution is -2.36. The SMILES string of the molecule is CON=C(C)c1ccc(N2CCOCC2)cc1. The third-order valence-electron chi connectivity index (χ3n) is 2.89. The van der Waals surface area contributed by atoms with Crippen LogP contribution in [0.25, 0.3) is 0 Å². The number of anilines is 1. The van der Waals surface area contributed by atoms with Crippen molar-refractivity contribution in [1.29, 1.82) is 0 Å². The van der Waals surface area contributed by atoms with E-state index in [0.29, 0.717) is 0 Å². The van der Waals surface area contributed by atoms with E-state index in [1.165, 1.54) is 5.69 Å². The molecular formula is C13H18N2O2. The summed E-state index contributed by atoms with van der Waals surface area (Å²) in [4.78, 5) is 7.10. The molecule has 1 aromatic rings. The summed E-state index contributed by atoms with van der Waals surface area (Å²) in [6, 6.07) is 8.38. The molecule has 1 fully saturated rings. The first-order chi connectivity index (χ1) is 8.31. The van der Waals surface area contributed by atoms with Crippen molar-refractivity contribution in [1.82, 2.24) is 0 Å². The van der Waals surface area contributed by atoms with Crippen molar-refractivity contribution >= 4 is 11.4 Å². The molecule has 1 heterocycles. The van der Waals surface area contributed by atoms with Crippen LogP contribution in [0, 0.1) is 0 Å². The van der Waals surface area contributed by atoms with Gasteiger partial charge in [0, 0.05) is 18.8 Å². The van der Waals surface area contributed by atoms with Crippen molar-refractivity contribution < 1.29 is 9.57 Å². The first-order valence-electron chi connectivity index (χ1n) is 5.82. The average Bonchev–Trinajstić information content (AvgIpc) is 2.40. The fourth-order valence-corrected chi connectivity index (χ4v) is 1.92. The van der Waals surface area contributed by atoms with Gasteiger partial charge in [-0.05, 0) is 24.6 Å². The average molecular weight is 234 g/mol. The van der Waals surface area contributed by atoms with Crippen molar-refractivity contribution in [2.24, 2.45) is 5.16 Å². The highest BCUT2D eigenvalue weighted by molar-refractivity contribution is 5.98. The Bertz CT molecular complexity index is 381. The molecule has 0 radical (unpaired) electrons. The predicted octanol–water partition coefficient (Wildman–Crippen LogP) is 1.89. The van der Waals surface area contributed by atoms with Crippen LogP contribution >= 0.6 is 0 Å². The Kier molecular flexibility index (Phi) is 3.98. The fraction of sp³-hybridized carbons (Fsp3) is 0.462. The van der Waals surface area contributed by atoms with Gasteiger partial charge in [-0.3, -0.25) is 0 Å². The topological polar surface area (TPSA) is 34.1 Å². The van der Waals surface area contributed by atoms with Crippen LogP contribution in [0.4, 0.5) is 5.69 Å². The number of nitrogens with zero attached hydrogens (tertiary/aromatic N) is 2. The molecule has 1 aliphatic heterocycles. The molecule has 0 aliphatic carbocycles. The lowest BCUT2D eigenvalue weighted by atomic mass is 10.1. The molecule has 4 heteroatoms. The summed E-state index contributed by atoms with van der Waals surface area (Å²) in [6.07, 6.45) is 0. The van der Waals surface area contributed by atoms with E-state index in [9.17, 15) is 0 Å². The molecule has 1 aromatic carbocycles. The number of hydrogen-bond donors (Lipinski definition) is 0. The Morgan fingerprint density at radius 1 is 1.24 bits per heavy atom. The van der Waals surface area contributed by atoms with E-state index in [4.69, 9.17) is 9.57 Å². The molecule has 0 saturated carbocycles. The van der Waals surface area contributed by atoms with Crippen molar-refractivity contribution in [3.63, 3.8) is 0 Å². The molecule has 0 unspecified atom stereocenters. The van der Waals surface area contributed by atoms with Gasteiger partial charge in [0.25, 0.3) is 0 Å². The van der Waals surface area contributed by atoms with Gasteiger partial charge in [-0.25, -0.2) is 0 Å². The first kappa shape index (κ1) is 11.9. The molecule has 0 amide bonds. The van der Waals surface area contributed by atoms with Crippen LogP contribution < -0.4 is 4.90 Å². The minimum absolute atomic E-state index is 0.811. The summed E-state index contributed by atoms with van der Waals surface area (Å²) in [6.45, 7) is 5.49. The van der Waals surface area contributed by atoms with Crippen molar-refractivity contribution in [2.45, 2.75) is 6.92 Å². The summed E-state index contributed by atoms with van der Waals surface area (Å²) < 4.78 is 5.34. The Morgan fingerprint density at radius 2 is 1.88 bits per heavy atom.